The lowest BCUT2D eigenvalue weighted by molar-refractivity contribution is 0.0989. The Kier molecular flexibility index (Phi) is 2.79. The molecule has 0 atom stereocenters. The molecule has 90 valence electrons. The molecule has 17 heavy (non-hydrogen) atoms. The first kappa shape index (κ1) is 11.9. The zero-order valence-corrected chi connectivity index (χ0v) is 10.5. The molecule has 0 amide bonds. The Bertz CT molecular complexity index is 683. The number of para-hydroxylation sites is 1. The van der Waals surface area contributed by atoms with E-state index in [-0.39, 0.29) is 5.78 Å². The number of fused-ring (bicyclic) bond motifs is 1. The average Bonchev–Trinajstić information content (AvgIpc) is 2.67. The van der Waals surface area contributed by atoms with E-state index in [1.54, 1.807) is 31.2 Å². The van der Waals surface area contributed by atoms with Gasteiger partial charge in [-0.3, -0.25) is 4.79 Å². The van der Waals surface area contributed by atoms with Gasteiger partial charge in [0.25, 0.3) is 0 Å². The number of carbonyl (C=O) groups is 1. The number of carbonyl (C=O) groups excluding carboxylic acids is 1. The fourth-order valence-electron chi connectivity index (χ4n) is 1.84. The maximum absolute atomic E-state index is 11.8. The predicted octanol–water partition coefficient (Wildman–Crippen LogP) is 2.04. The molecule has 2 rings (SSSR count). The fraction of sp³-hybridized carbons (Fsp3) is 0.250. The highest BCUT2D eigenvalue weighted by atomic mass is 32.2. The van der Waals surface area contributed by atoms with Crippen LogP contribution in [0.3, 0.4) is 0 Å². The van der Waals surface area contributed by atoms with Gasteiger partial charge in [0.2, 0.25) is 10.0 Å². The first-order valence-electron chi connectivity index (χ1n) is 5.29. The summed E-state index contributed by atoms with van der Waals surface area (Å²) >= 11 is 0. The van der Waals surface area contributed by atoms with Gasteiger partial charge in [-0.05, 0) is 6.07 Å². The average molecular weight is 251 g/mol. The minimum absolute atomic E-state index is 0.0522. The van der Waals surface area contributed by atoms with Crippen LogP contribution in [0.2, 0.25) is 0 Å². The minimum Gasteiger partial charge on any atom is -0.294 e. The lowest BCUT2D eigenvalue weighted by atomic mass is 10.1. The molecule has 0 radical (unpaired) electrons. The van der Waals surface area contributed by atoms with Gasteiger partial charge >= 0.3 is 0 Å². The third-order valence-electron chi connectivity index (χ3n) is 2.66. The largest absolute Gasteiger partial charge is 0.294 e. The molecule has 0 aliphatic heterocycles. The second-order valence-electron chi connectivity index (χ2n) is 3.90. The summed E-state index contributed by atoms with van der Waals surface area (Å²) in [5.41, 5.74) is 1.01. The molecule has 4 nitrogen and oxygen atoms in total. The normalized spacial score (nSPS) is 11.9. The number of rotatable bonds is 3. The lowest BCUT2D eigenvalue weighted by Crippen LogP contribution is -2.08. The van der Waals surface area contributed by atoms with Crippen molar-refractivity contribution in [3.05, 3.63) is 36.0 Å². The third-order valence-corrected chi connectivity index (χ3v) is 3.67. The quantitative estimate of drug-likeness (QED) is 0.784. The minimum atomic E-state index is -3.39. The molecule has 0 bridgehead atoms. The van der Waals surface area contributed by atoms with E-state index >= 15 is 0 Å². The van der Waals surface area contributed by atoms with Gasteiger partial charge in [-0.15, -0.1) is 0 Å². The maximum atomic E-state index is 11.8. The van der Waals surface area contributed by atoms with Crippen molar-refractivity contribution in [2.75, 3.05) is 6.26 Å². The number of hydrogen-bond acceptors (Lipinski definition) is 3. The maximum Gasteiger partial charge on any atom is 0.236 e. The molecule has 0 unspecified atom stereocenters. The Morgan fingerprint density at radius 2 is 1.94 bits per heavy atom. The van der Waals surface area contributed by atoms with Gasteiger partial charge in [-0.1, -0.05) is 25.1 Å². The third kappa shape index (κ3) is 1.98. The van der Waals surface area contributed by atoms with Crippen LogP contribution in [0.15, 0.2) is 30.5 Å². The summed E-state index contributed by atoms with van der Waals surface area (Å²) in [4.78, 5) is 11.8. The molecular formula is C12H13NO3S. The number of nitrogens with zero attached hydrogens (tertiary/aromatic N) is 1. The number of hydrogen-bond donors (Lipinski definition) is 0. The van der Waals surface area contributed by atoms with E-state index in [0.29, 0.717) is 22.9 Å². The van der Waals surface area contributed by atoms with Crippen molar-refractivity contribution in [3.8, 4) is 0 Å². The molecule has 2 aromatic rings. The molecule has 0 N–H and O–H groups in total. The highest BCUT2D eigenvalue weighted by molar-refractivity contribution is 7.89. The second kappa shape index (κ2) is 4.00. The van der Waals surface area contributed by atoms with Crippen molar-refractivity contribution in [2.45, 2.75) is 13.3 Å². The van der Waals surface area contributed by atoms with Gasteiger partial charge in [-0.25, -0.2) is 12.4 Å². The monoisotopic (exact) mass is 251 g/mol. The van der Waals surface area contributed by atoms with Crippen molar-refractivity contribution in [1.29, 1.82) is 0 Å². The first-order chi connectivity index (χ1) is 7.95. The van der Waals surface area contributed by atoms with Crippen molar-refractivity contribution in [3.63, 3.8) is 0 Å². The molecule has 1 heterocycles. The fourth-order valence-corrected chi connectivity index (χ4v) is 2.65. The van der Waals surface area contributed by atoms with Crippen LogP contribution in [-0.2, 0) is 10.0 Å². The van der Waals surface area contributed by atoms with Crippen LogP contribution in [0.5, 0.6) is 0 Å². The predicted molar refractivity (Wildman–Crippen MR) is 66.8 cm³/mol. The van der Waals surface area contributed by atoms with E-state index in [1.807, 2.05) is 0 Å². The molecule has 1 aromatic carbocycles. The van der Waals surface area contributed by atoms with Crippen LogP contribution in [0.25, 0.3) is 10.9 Å². The van der Waals surface area contributed by atoms with Crippen molar-refractivity contribution < 1.29 is 13.2 Å². The van der Waals surface area contributed by atoms with Crippen LogP contribution in [-0.4, -0.2) is 24.4 Å². The standard InChI is InChI=1S/C12H13NO3S/c1-3-12(14)10-8-13(17(2,15)16)11-7-5-4-6-9(10)11/h4-8H,3H2,1-2H3. The molecule has 0 saturated carbocycles. The van der Waals surface area contributed by atoms with Gasteiger partial charge in [0.05, 0.1) is 11.8 Å². The Morgan fingerprint density at radius 3 is 2.53 bits per heavy atom. The zero-order valence-electron chi connectivity index (χ0n) is 9.67. The summed E-state index contributed by atoms with van der Waals surface area (Å²) in [6.07, 6.45) is 2.89. The van der Waals surface area contributed by atoms with Crippen LogP contribution >= 0.6 is 0 Å². The molecule has 5 heteroatoms. The van der Waals surface area contributed by atoms with Crippen molar-refractivity contribution in [1.82, 2.24) is 3.97 Å². The number of ketones is 1. The summed E-state index contributed by atoms with van der Waals surface area (Å²) in [7, 11) is -3.39. The van der Waals surface area contributed by atoms with Crippen LogP contribution in [0.1, 0.15) is 23.7 Å². The van der Waals surface area contributed by atoms with Crippen molar-refractivity contribution >= 4 is 26.7 Å². The number of Topliss-reactive ketones (excluding diaryl/α,β-unsaturated/α-hetero) is 1. The van der Waals surface area contributed by atoms with Gasteiger partial charge in [0.1, 0.15) is 0 Å². The first-order valence-corrected chi connectivity index (χ1v) is 7.14. The lowest BCUT2D eigenvalue weighted by Gasteiger charge is -2.00. The molecule has 0 fully saturated rings. The zero-order chi connectivity index (χ0) is 12.6. The van der Waals surface area contributed by atoms with Gasteiger partial charge in [0, 0.05) is 23.6 Å². The Balaban J connectivity index is 2.85. The van der Waals surface area contributed by atoms with Crippen LogP contribution < -0.4 is 0 Å². The molecule has 0 saturated heterocycles. The Labute approximate surface area is 99.9 Å². The summed E-state index contributed by atoms with van der Waals surface area (Å²) in [6, 6.07) is 7.01. The summed E-state index contributed by atoms with van der Waals surface area (Å²) in [5.74, 6) is -0.0522. The van der Waals surface area contributed by atoms with Crippen LogP contribution in [0.4, 0.5) is 0 Å². The molecule has 1 aromatic heterocycles. The molecular weight excluding hydrogens is 238 g/mol. The van der Waals surface area contributed by atoms with E-state index < -0.39 is 10.0 Å². The van der Waals surface area contributed by atoms with E-state index in [1.165, 1.54) is 6.20 Å². The van der Waals surface area contributed by atoms with Crippen LogP contribution in [0, 0.1) is 0 Å². The van der Waals surface area contributed by atoms with E-state index in [9.17, 15) is 13.2 Å². The highest BCUT2D eigenvalue weighted by Gasteiger charge is 2.17. The van der Waals surface area contributed by atoms with E-state index in [4.69, 9.17) is 0 Å². The van der Waals surface area contributed by atoms with Crippen molar-refractivity contribution in [2.24, 2.45) is 0 Å². The molecule has 0 aliphatic carbocycles. The molecule has 0 aliphatic rings. The molecule has 0 spiro atoms. The number of aromatic nitrogens is 1. The smallest absolute Gasteiger partial charge is 0.236 e. The summed E-state index contributed by atoms with van der Waals surface area (Å²) in [6.45, 7) is 1.76. The second-order valence-corrected chi connectivity index (χ2v) is 5.75. The van der Waals surface area contributed by atoms with Gasteiger partial charge < -0.3 is 0 Å². The Hall–Kier alpha value is -1.62. The summed E-state index contributed by atoms with van der Waals surface area (Å²) < 4.78 is 24.4. The highest BCUT2D eigenvalue weighted by Crippen LogP contribution is 2.23. The summed E-state index contributed by atoms with van der Waals surface area (Å²) in [5, 5.41) is 0.685. The van der Waals surface area contributed by atoms with Gasteiger partial charge in [-0.2, -0.15) is 0 Å². The van der Waals surface area contributed by atoms with E-state index in [0.717, 1.165) is 10.2 Å². The van der Waals surface area contributed by atoms with Gasteiger partial charge in [0.15, 0.2) is 5.78 Å². The topological polar surface area (TPSA) is 56.1 Å². The number of benzene rings is 1. The van der Waals surface area contributed by atoms with E-state index in [2.05, 4.69) is 0 Å². The SMILES string of the molecule is CCC(=O)c1cn(S(C)(=O)=O)c2ccccc12. The Morgan fingerprint density at radius 1 is 1.29 bits per heavy atom.